The lowest BCUT2D eigenvalue weighted by Gasteiger charge is -2.11. The van der Waals surface area contributed by atoms with E-state index in [4.69, 9.17) is 4.74 Å². The molecule has 0 radical (unpaired) electrons. The molecule has 1 aromatic carbocycles. The lowest BCUT2D eigenvalue weighted by Crippen LogP contribution is -2.33. The molecule has 0 spiro atoms. The van der Waals surface area contributed by atoms with Gasteiger partial charge in [-0.3, -0.25) is 9.52 Å². The number of nitrogens with zero attached hydrogens (tertiary/aromatic N) is 1. The van der Waals surface area contributed by atoms with Gasteiger partial charge in [-0.05, 0) is 64.3 Å². The summed E-state index contributed by atoms with van der Waals surface area (Å²) < 4.78 is 32.2. The summed E-state index contributed by atoms with van der Waals surface area (Å²) in [7, 11) is -3.76. The smallest absolute Gasteiger partial charge is 0.241 e. The van der Waals surface area contributed by atoms with Gasteiger partial charge in [-0.2, -0.15) is 0 Å². The maximum absolute atomic E-state index is 12.1. The maximum Gasteiger partial charge on any atom is 0.241 e. The Kier molecular flexibility index (Phi) is 8.25. The third kappa shape index (κ3) is 8.26. The molecule has 0 aliphatic heterocycles. The molecule has 1 aromatic heterocycles. The maximum atomic E-state index is 12.1. The number of aromatic nitrogens is 1. The number of hydrogen-bond acceptors (Lipinski definition) is 6. The summed E-state index contributed by atoms with van der Waals surface area (Å²) in [6, 6.07) is 6.57. The molecule has 0 aliphatic carbocycles. The van der Waals surface area contributed by atoms with Crippen molar-refractivity contribution in [3.63, 3.8) is 0 Å². The van der Waals surface area contributed by atoms with Gasteiger partial charge in [0.15, 0.2) is 0 Å². The molecule has 0 bridgehead atoms. The van der Waals surface area contributed by atoms with Crippen LogP contribution in [0.25, 0.3) is 0 Å². The van der Waals surface area contributed by atoms with Crippen LogP contribution in [-0.4, -0.2) is 37.7 Å². The molecule has 0 unspecified atom stereocenters. The van der Waals surface area contributed by atoms with Gasteiger partial charge in [0.25, 0.3) is 0 Å². The van der Waals surface area contributed by atoms with Crippen molar-refractivity contribution in [3.8, 4) is 5.75 Å². The normalized spacial score (nSPS) is 11.4. The van der Waals surface area contributed by atoms with Crippen LogP contribution in [0.15, 0.2) is 29.6 Å². The average molecular weight is 426 g/mol. The number of unbranched alkanes of at least 4 members (excludes halogenated alkanes) is 1. The largest absolute Gasteiger partial charge is 0.491 e. The molecule has 28 heavy (non-hydrogen) atoms. The van der Waals surface area contributed by atoms with Crippen molar-refractivity contribution < 1.29 is 17.9 Å². The molecule has 0 fully saturated rings. The van der Waals surface area contributed by atoms with Crippen LogP contribution in [0.2, 0.25) is 0 Å². The van der Waals surface area contributed by atoms with Crippen LogP contribution in [0.4, 0.5) is 5.69 Å². The summed E-state index contributed by atoms with van der Waals surface area (Å²) in [4.78, 5) is 16.3. The van der Waals surface area contributed by atoms with Crippen molar-refractivity contribution in [2.75, 3.05) is 17.0 Å². The molecule has 2 N–H and O–H groups in total. The van der Waals surface area contributed by atoms with E-state index in [1.807, 2.05) is 26.2 Å². The molecule has 0 atom stereocenters. The van der Waals surface area contributed by atoms with E-state index in [9.17, 15) is 13.2 Å². The monoisotopic (exact) mass is 425 g/mol. The highest BCUT2D eigenvalue weighted by Crippen LogP contribution is 2.18. The van der Waals surface area contributed by atoms with Gasteiger partial charge in [0.1, 0.15) is 11.5 Å². The number of anilines is 1. The second-order valence-electron chi connectivity index (χ2n) is 6.74. The van der Waals surface area contributed by atoms with E-state index in [1.165, 1.54) is 0 Å². The fourth-order valence-corrected chi connectivity index (χ4v) is 4.29. The number of hydrogen-bond donors (Lipinski definition) is 2. The molecule has 7 nitrogen and oxygen atoms in total. The molecule has 0 saturated carbocycles. The Balaban J connectivity index is 1.69. The summed E-state index contributed by atoms with van der Waals surface area (Å²) in [5.74, 6) is -0.468. The molecule has 0 saturated heterocycles. The van der Waals surface area contributed by atoms with Gasteiger partial charge in [-0.25, -0.2) is 13.4 Å². The highest BCUT2D eigenvalue weighted by molar-refractivity contribution is 7.93. The van der Waals surface area contributed by atoms with Crippen LogP contribution < -0.4 is 14.8 Å². The molecule has 1 heterocycles. The van der Waals surface area contributed by atoms with Crippen molar-refractivity contribution in [1.29, 1.82) is 0 Å². The van der Waals surface area contributed by atoms with Crippen LogP contribution in [0.5, 0.6) is 5.75 Å². The van der Waals surface area contributed by atoms with Gasteiger partial charge in [0.05, 0.1) is 11.1 Å². The molecular formula is C19H27N3O4S2. The number of rotatable bonds is 11. The van der Waals surface area contributed by atoms with Gasteiger partial charge >= 0.3 is 0 Å². The zero-order valence-electron chi connectivity index (χ0n) is 16.4. The quantitative estimate of drug-likeness (QED) is 0.539. The summed E-state index contributed by atoms with van der Waals surface area (Å²) in [5.41, 5.74) is 1.41. The molecule has 0 aliphatic rings. The topological polar surface area (TPSA) is 97.4 Å². The number of amides is 1. The SMILES string of the molecule is Cc1csc(CCCCNC(=O)CS(=O)(=O)Nc2ccc(OC(C)C)cc2)n1. The molecule has 2 rings (SSSR count). The molecule has 1 amide bonds. The van der Waals surface area contributed by atoms with Crippen molar-refractivity contribution in [2.24, 2.45) is 0 Å². The summed E-state index contributed by atoms with van der Waals surface area (Å²) >= 11 is 1.63. The number of carbonyl (C=O) groups is 1. The van der Waals surface area contributed by atoms with Crippen LogP contribution in [-0.2, 0) is 21.2 Å². The van der Waals surface area contributed by atoms with Crippen LogP contribution in [0, 0.1) is 6.92 Å². The van der Waals surface area contributed by atoms with Crippen molar-refractivity contribution in [2.45, 2.75) is 46.1 Å². The van der Waals surface area contributed by atoms with Gasteiger partial charge < -0.3 is 10.1 Å². The Morgan fingerprint density at radius 3 is 2.54 bits per heavy atom. The van der Waals surface area contributed by atoms with Crippen molar-refractivity contribution >= 4 is 33.0 Å². The number of benzene rings is 1. The fraction of sp³-hybridized carbons (Fsp3) is 0.474. The summed E-state index contributed by atoms with van der Waals surface area (Å²) in [6.07, 6.45) is 2.57. The summed E-state index contributed by atoms with van der Waals surface area (Å²) in [5, 5.41) is 5.75. The zero-order chi connectivity index (χ0) is 20.6. The zero-order valence-corrected chi connectivity index (χ0v) is 18.0. The molecule has 2 aromatic rings. The third-order valence-corrected chi connectivity index (χ3v) is 5.84. The average Bonchev–Trinajstić information content (AvgIpc) is 3.00. The van der Waals surface area contributed by atoms with Gasteiger partial charge in [-0.1, -0.05) is 0 Å². The minimum atomic E-state index is -3.76. The van der Waals surface area contributed by atoms with E-state index >= 15 is 0 Å². The fourth-order valence-electron chi connectivity index (χ4n) is 2.46. The van der Waals surface area contributed by atoms with E-state index in [0.717, 1.165) is 30.0 Å². The Morgan fingerprint density at radius 2 is 1.93 bits per heavy atom. The second-order valence-corrected chi connectivity index (χ2v) is 9.41. The molecule has 154 valence electrons. The van der Waals surface area contributed by atoms with Crippen molar-refractivity contribution in [1.82, 2.24) is 10.3 Å². The molecule has 9 heteroatoms. The van der Waals surface area contributed by atoms with Gasteiger partial charge in [0, 0.05) is 23.3 Å². The Bertz CT molecular complexity index is 862. The number of nitrogens with one attached hydrogen (secondary N) is 2. The molecular weight excluding hydrogens is 398 g/mol. The van der Waals surface area contributed by atoms with E-state index in [2.05, 4.69) is 15.0 Å². The number of ether oxygens (including phenoxy) is 1. The number of aryl methyl sites for hydroxylation is 2. The number of sulfonamides is 1. The number of carbonyl (C=O) groups excluding carboxylic acids is 1. The van der Waals surface area contributed by atoms with E-state index in [1.54, 1.807) is 35.6 Å². The third-order valence-electron chi connectivity index (χ3n) is 3.63. The van der Waals surface area contributed by atoms with Gasteiger partial charge in [-0.15, -0.1) is 11.3 Å². The summed E-state index contributed by atoms with van der Waals surface area (Å²) in [6.45, 7) is 6.23. The predicted molar refractivity (Wildman–Crippen MR) is 112 cm³/mol. The second kappa shape index (κ2) is 10.4. The van der Waals surface area contributed by atoms with E-state index in [0.29, 0.717) is 18.0 Å². The van der Waals surface area contributed by atoms with Crippen LogP contribution in [0.1, 0.15) is 37.4 Å². The first-order valence-corrected chi connectivity index (χ1v) is 11.7. The first kappa shape index (κ1) is 22.2. The Labute approximate surface area is 170 Å². The van der Waals surface area contributed by atoms with Gasteiger partial charge in [0.2, 0.25) is 15.9 Å². The lowest BCUT2D eigenvalue weighted by atomic mass is 10.2. The Morgan fingerprint density at radius 1 is 1.21 bits per heavy atom. The first-order chi connectivity index (χ1) is 13.2. The predicted octanol–water partition coefficient (Wildman–Crippen LogP) is 3.12. The van der Waals surface area contributed by atoms with Crippen LogP contribution in [0.3, 0.4) is 0 Å². The van der Waals surface area contributed by atoms with E-state index < -0.39 is 21.7 Å². The highest BCUT2D eigenvalue weighted by atomic mass is 32.2. The van der Waals surface area contributed by atoms with E-state index in [-0.39, 0.29) is 6.10 Å². The first-order valence-electron chi connectivity index (χ1n) is 9.18. The van der Waals surface area contributed by atoms with Crippen LogP contribution >= 0.6 is 11.3 Å². The standard InChI is InChI=1S/C19H27N3O4S2/c1-14(2)26-17-9-7-16(8-10-17)22-28(24,25)13-18(23)20-11-5-4-6-19-21-15(3)12-27-19/h7-10,12,14,22H,4-6,11,13H2,1-3H3,(H,20,23). The van der Waals surface area contributed by atoms with Crippen molar-refractivity contribution in [3.05, 3.63) is 40.3 Å². The minimum Gasteiger partial charge on any atom is -0.491 e. The minimum absolute atomic E-state index is 0.0388. The highest BCUT2D eigenvalue weighted by Gasteiger charge is 2.16. The Hall–Kier alpha value is -2.13. The number of thiazole rings is 1. The lowest BCUT2D eigenvalue weighted by molar-refractivity contribution is -0.118.